The molecule has 0 spiro atoms. The molecule has 1 aromatic heterocycles. The molecule has 0 fully saturated rings. The Hall–Kier alpha value is -2.17. The van der Waals surface area contributed by atoms with E-state index in [-0.39, 0.29) is 11.5 Å². The summed E-state index contributed by atoms with van der Waals surface area (Å²) >= 11 is 0. The maximum atomic E-state index is 10.9. The van der Waals surface area contributed by atoms with Crippen LogP contribution in [-0.4, -0.2) is 19.7 Å². The first kappa shape index (κ1) is 11.3. The van der Waals surface area contributed by atoms with E-state index >= 15 is 0 Å². The molecule has 0 amide bonds. The van der Waals surface area contributed by atoms with Gasteiger partial charge < -0.3 is 23.8 Å². The highest BCUT2D eigenvalue weighted by atomic mass is 16.5. The van der Waals surface area contributed by atoms with Crippen LogP contribution in [0, 0.1) is 0 Å². The van der Waals surface area contributed by atoms with Crippen LogP contribution in [0.5, 0.6) is 11.5 Å². The number of aromatic carboxylic acids is 1. The van der Waals surface area contributed by atoms with Crippen molar-refractivity contribution in [1.29, 1.82) is 0 Å². The van der Waals surface area contributed by atoms with Gasteiger partial charge in [0.15, 0.2) is 11.5 Å². The minimum absolute atomic E-state index is 0.182. The summed E-state index contributed by atoms with van der Waals surface area (Å²) in [5, 5.41) is 11.5. The topological polar surface area (TPSA) is 71.7 Å². The van der Waals surface area contributed by atoms with Gasteiger partial charge in [-0.2, -0.15) is 0 Å². The molecule has 17 heavy (non-hydrogen) atoms. The first-order valence-corrected chi connectivity index (χ1v) is 5.12. The summed E-state index contributed by atoms with van der Waals surface area (Å²) in [6, 6.07) is 4.97. The second-order valence-corrected chi connectivity index (χ2v) is 3.34. The molecule has 1 heterocycles. The van der Waals surface area contributed by atoms with Gasteiger partial charge in [0, 0.05) is 0 Å². The van der Waals surface area contributed by atoms with Gasteiger partial charge in [-0.25, -0.2) is 0 Å². The number of methoxy groups -OCH3 is 1. The number of benzene rings is 1. The quantitative estimate of drug-likeness (QED) is 0.796. The Kier molecular flexibility index (Phi) is 2.91. The van der Waals surface area contributed by atoms with E-state index < -0.39 is 5.97 Å². The number of rotatable bonds is 4. The molecule has 0 unspecified atom stereocenters. The molecule has 0 saturated carbocycles. The van der Waals surface area contributed by atoms with E-state index in [4.69, 9.17) is 13.9 Å². The lowest BCUT2D eigenvalue weighted by molar-refractivity contribution is -0.257. The third kappa shape index (κ3) is 1.91. The summed E-state index contributed by atoms with van der Waals surface area (Å²) in [5.41, 5.74) is 0.424. The van der Waals surface area contributed by atoms with Crippen LogP contribution in [0.15, 0.2) is 22.6 Å². The predicted molar refractivity (Wildman–Crippen MR) is 58.3 cm³/mol. The van der Waals surface area contributed by atoms with Crippen molar-refractivity contribution in [3.05, 3.63) is 24.0 Å². The van der Waals surface area contributed by atoms with E-state index in [1.165, 1.54) is 7.11 Å². The number of carboxylic acids is 1. The van der Waals surface area contributed by atoms with Crippen molar-refractivity contribution in [3.63, 3.8) is 0 Å². The molecule has 0 bridgehead atoms. The van der Waals surface area contributed by atoms with Gasteiger partial charge in [-0.05, 0) is 25.1 Å². The van der Waals surface area contributed by atoms with Gasteiger partial charge >= 0.3 is 0 Å². The second-order valence-electron chi connectivity index (χ2n) is 3.34. The fraction of sp³-hybridized carbons (Fsp3) is 0.250. The third-order valence-corrected chi connectivity index (χ3v) is 2.32. The number of hydrogen-bond acceptors (Lipinski definition) is 5. The van der Waals surface area contributed by atoms with Crippen molar-refractivity contribution in [2.45, 2.75) is 6.92 Å². The molecule has 2 rings (SSSR count). The van der Waals surface area contributed by atoms with Crippen LogP contribution in [0.25, 0.3) is 11.0 Å². The van der Waals surface area contributed by atoms with Gasteiger partial charge in [0.05, 0.1) is 19.1 Å². The summed E-state index contributed by atoms with van der Waals surface area (Å²) < 4.78 is 15.5. The monoisotopic (exact) mass is 235 g/mol. The van der Waals surface area contributed by atoms with Gasteiger partial charge in [-0.3, -0.25) is 0 Å². The van der Waals surface area contributed by atoms with E-state index in [0.717, 1.165) is 0 Å². The summed E-state index contributed by atoms with van der Waals surface area (Å²) in [4.78, 5) is 10.9. The van der Waals surface area contributed by atoms with Crippen LogP contribution >= 0.6 is 0 Å². The highest BCUT2D eigenvalue weighted by molar-refractivity contribution is 5.97. The van der Waals surface area contributed by atoms with Crippen LogP contribution in [0.3, 0.4) is 0 Å². The number of hydrogen-bond donors (Lipinski definition) is 0. The fourth-order valence-corrected chi connectivity index (χ4v) is 1.60. The molecule has 5 heteroatoms. The fourth-order valence-electron chi connectivity index (χ4n) is 1.60. The summed E-state index contributed by atoms with van der Waals surface area (Å²) in [6.45, 7) is 2.10. The number of carboxylic acid groups (broad SMARTS) is 1. The average molecular weight is 235 g/mol. The zero-order valence-electron chi connectivity index (χ0n) is 9.48. The largest absolute Gasteiger partial charge is 0.541 e. The third-order valence-electron chi connectivity index (χ3n) is 2.32. The van der Waals surface area contributed by atoms with Crippen LogP contribution in [-0.2, 0) is 0 Å². The molecule has 0 N–H and O–H groups in total. The van der Waals surface area contributed by atoms with Crippen LogP contribution in [0.4, 0.5) is 0 Å². The molecule has 2 aromatic rings. The van der Waals surface area contributed by atoms with Crippen molar-refractivity contribution in [1.82, 2.24) is 0 Å². The summed E-state index contributed by atoms with van der Waals surface area (Å²) in [7, 11) is 1.53. The smallest absolute Gasteiger partial charge is 0.192 e. The van der Waals surface area contributed by atoms with Crippen molar-refractivity contribution in [3.8, 4) is 11.5 Å². The lowest BCUT2D eigenvalue weighted by atomic mass is 10.2. The van der Waals surface area contributed by atoms with E-state index in [2.05, 4.69) is 0 Å². The highest BCUT2D eigenvalue weighted by Crippen LogP contribution is 2.35. The van der Waals surface area contributed by atoms with Gasteiger partial charge in [0.2, 0.25) is 0 Å². The van der Waals surface area contributed by atoms with Crippen LogP contribution in [0.1, 0.15) is 17.5 Å². The second kappa shape index (κ2) is 4.37. The Morgan fingerprint density at radius 1 is 1.47 bits per heavy atom. The zero-order valence-corrected chi connectivity index (χ0v) is 9.48. The average Bonchev–Trinajstić information content (AvgIpc) is 2.68. The van der Waals surface area contributed by atoms with E-state index in [9.17, 15) is 9.90 Å². The number of furan rings is 1. The van der Waals surface area contributed by atoms with Gasteiger partial charge in [0.25, 0.3) is 0 Å². The molecular formula is C12H11O5-. The number of carbonyl (C=O) groups is 1. The molecular weight excluding hydrogens is 224 g/mol. The van der Waals surface area contributed by atoms with E-state index in [0.29, 0.717) is 23.3 Å². The van der Waals surface area contributed by atoms with Gasteiger partial charge in [-0.1, -0.05) is 0 Å². The number of carbonyl (C=O) groups excluding carboxylic acids is 1. The first-order chi connectivity index (χ1) is 8.17. The van der Waals surface area contributed by atoms with Crippen LogP contribution < -0.4 is 14.6 Å². The van der Waals surface area contributed by atoms with E-state index in [1.807, 2.05) is 0 Å². The normalized spacial score (nSPS) is 10.5. The summed E-state index contributed by atoms with van der Waals surface area (Å²) in [5.74, 6) is -0.913. The molecule has 90 valence electrons. The minimum Gasteiger partial charge on any atom is -0.541 e. The Bertz CT molecular complexity index is 555. The van der Waals surface area contributed by atoms with Crippen molar-refractivity contribution < 1.29 is 23.8 Å². The Balaban J connectivity index is 2.67. The van der Waals surface area contributed by atoms with Gasteiger partial charge in [-0.15, -0.1) is 0 Å². The predicted octanol–water partition coefficient (Wildman–Crippen LogP) is 1.20. The molecule has 1 aromatic carbocycles. The Morgan fingerprint density at radius 3 is 2.82 bits per heavy atom. The van der Waals surface area contributed by atoms with Gasteiger partial charge in [0.1, 0.15) is 17.3 Å². The zero-order chi connectivity index (χ0) is 12.4. The lowest BCUT2D eigenvalue weighted by Crippen LogP contribution is -2.22. The molecule has 0 saturated heterocycles. The maximum absolute atomic E-state index is 10.9. The molecule has 5 nitrogen and oxygen atoms in total. The molecule has 0 aliphatic heterocycles. The number of fused-ring (bicyclic) bond motifs is 1. The van der Waals surface area contributed by atoms with Crippen LogP contribution in [0.2, 0.25) is 0 Å². The molecule has 0 aliphatic carbocycles. The first-order valence-electron chi connectivity index (χ1n) is 5.12. The van der Waals surface area contributed by atoms with Crippen molar-refractivity contribution in [2.75, 3.05) is 13.7 Å². The SMILES string of the molecule is CCOc1c(C(=O)[O-])oc2ccc(OC)cc12. The molecule has 0 aliphatic rings. The minimum atomic E-state index is -1.40. The number of ether oxygens (including phenoxy) is 2. The van der Waals surface area contributed by atoms with Crippen molar-refractivity contribution in [2.24, 2.45) is 0 Å². The van der Waals surface area contributed by atoms with Crippen molar-refractivity contribution >= 4 is 16.9 Å². The molecule has 0 radical (unpaired) electrons. The maximum Gasteiger partial charge on any atom is 0.192 e. The molecule has 0 atom stereocenters. The standard InChI is InChI=1S/C12H12O5/c1-3-16-10-8-6-7(15-2)4-5-9(8)17-11(10)12(13)14/h4-6H,3H2,1-2H3,(H,13,14)/p-1. The Morgan fingerprint density at radius 2 is 2.24 bits per heavy atom. The summed E-state index contributed by atoms with van der Waals surface area (Å²) in [6.07, 6.45) is 0. The Labute approximate surface area is 97.6 Å². The highest BCUT2D eigenvalue weighted by Gasteiger charge is 2.16. The lowest BCUT2D eigenvalue weighted by Gasteiger charge is -2.04. The van der Waals surface area contributed by atoms with E-state index in [1.54, 1.807) is 25.1 Å².